The first-order chi connectivity index (χ1) is 8.20. The lowest BCUT2D eigenvalue weighted by Gasteiger charge is -2.05. The number of aromatic nitrogens is 2. The van der Waals surface area contributed by atoms with Crippen molar-refractivity contribution < 1.29 is 9.84 Å². The summed E-state index contributed by atoms with van der Waals surface area (Å²) in [7, 11) is 1.48. The molecule has 1 aromatic heterocycles. The van der Waals surface area contributed by atoms with Crippen LogP contribution in [0.2, 0.25) is 5.02 Å². The molecule has 0 radical (unpaired) electrons. The van der Waals surface area contributed by atoms with Crippen molar-refractivity contribution >= 4 is 11.6 Å². The first-order valence-electron chi connectivity index (χ1n) is 5.03. The van der Waals surface area contributed by atoms with Gasteiger partial charge >= 0.3 is 0 Å². The van der Waals surface area contributed by atoms with Crippen molar-refractivity contribution in [2.45, 2.75) is 6.42 Å². The quantitative estimate of drug-likeness (QED) is 0.909. The van der Waals surface area contributed by atoms with Gasteiger partial charge < -0.3 is 9.84 Å². The zero-order valence-corrected chi connectivity index (χ0v) is 9.98. The molecule has 88 valence electrons. The summed E-state index contributed by atoms with van der Waals surface area (Å²) in [6.07, 6.45) is 0.476. The Kier molecular flexibility index (Phi) is 3.44. The van der Waals surface area contributed by atoms with E-state index in [2.05, 4.69) is 10.2 Å². The Bertz CT molecular complexity index is 532. The van der Waals surface area contributed by atoms with Crippen molar-refractivity contribution in [2.75, 3.05) is 7.11 Å². The van der Waals surface area contributed by atoms with E-state index >= 15 is 0 Å². The van der Waals surface area contributed by atoms with Crippen LogP contribution in [0.4, 0.5) is 0 Å². The maximum Gasteiger partial charge on any atom is 0.252 e. The van der Waals surface area contributed by atoms with Gasteiger partial charge in [0.25, 0.3) is 5.88 Å². The number of hydrogen-bond acceptors (Lipinski definition) is 4. The Hall–Kier alpha value is -1.81. The molecule has 2 aromatic rings. The number of hydrogen-bond donors (Lipinski definition) is 1. The van der Waals surface area contributed by atoms with Crippen LogP contribution in [0.25, 0.3) is 0 Å². The van der Waals surface area contributed by atoms with Crippen molar-refractivity contribution in [1.29, 1.82) is 0 Å². The Morgan fingerprint density at radius 2 is 2.06 bits per heavy atom. The number of para-hydroxylation sites is 1. The van der Waals surface area contributed by atoms with Crippen molar-refractivity contribution in [3.05, 3.63) is 46.6 Å². The zero-order chi connectivity index (χ0) is 12.3. The smallest absolute Gasteiger partial charge is 0.252 e. The van der Waals surface area contributed by atoms with Gasteiger partial charge in [-0.1, -0.05) is 29.8 Å². The van der Waals surface area contributed by atoms with E-state index in [1.807, 2.05) is 12.1 Å². The Morgan fingerprint density at radius 3 is 2.71 bits per heavy atom. The highest BCUT2D eigenvalue weighted by Crippen LogP contribution is 2.23. The van der Waals surface area contributed by atoms with E-state index in [9.17, 15) is 5.11 Å². The number of phenols is 1. The minimum atomic E-state index is 0.237. The second-order valence-electron chi connectivity index (χ2n) is 3.50. The van der Waals surface area contributed by atoms with Crippen LogP contribution in [0, 0.1) is 0 Å². The van der Waals surface area contributed by atoms with Gasteiger partial charge in [0.1, 0.15) is 10.8 Å². The van der Waals surface area contributed by atoms with Gasteiger partial charge in [-0.15, -0.1) is 5.10 Å². The summed E-state index contributed by atoms with van der Waals surface area (Å²) in [6.45, 7) is 0. The molecule has 17 heavy (non-hydrogen) atoms. The van der Waals surface area contributed by atoms with Gasteiger partial charge in [-0.3, -0.25) is 0 Å². The number of phenolic OH excluding ortho intramolecular Hbond substituents is 1. The molecule has 1 heterocycles. The first-order valence-corrected chi connectivity index (χ1v) is 5.41. The maximum absolute atomic E-state index is 9.64. The lowest BCUT2D eigenvalue weighted by Crippen LogP contribution is -1.98. The van der Waals surface area contributed by atoms with Gasteiger partial charge in [-0.25, -0.2) is 0 Å². The van der Waals surface area contributed by atoms with Crippen LogP contribution in [0.3, 0.4) is 0 Å². The molecule has 0 saturated carbocycles. The predicted octanol–water partition coefficient (Wildman–Crippen LogP) is 2.44. The second-order valence-corrected chi connectivity index (χ2v) is 3.91. The molecule has 0 aliphatic carbocycles. The van der Waals surface area contributed by atoms with Crippen LogP contribution in [-0.4, -0.2) is 22.4 Å². The lowest BCUT2D eigenvalue weighted by molar-refractivity contribution is 0.391. The fourth-order valence-electron chi connectivity index (χ4n) is 1.47. The fraction of sp³-hybridized carbons (Fsp3) is 0.167. The van der Waals surface area contributed by atoms with Gasteiger partial charge in [0.15, 0.2) is 0 Å². The van der Waals surface area contributed by atoms with E-state index in [1.165, 1.54) is 7.11 Å². The van der Waals surface area contributed by atoms with E-state index in [0.717, 1.165) is 5.56 Å². The van der Waals surface area contributed by atoms with Gasteiger partial charge in [0, 0.05) is 6.42 Å². The molecule has 4 nitrogen and oxygen atoms in total. The van der Waals surface area contributed by atoms with Gasteiger partial charge in [0.05, 0.1) is 12.8 Å². The number of benzene rings is 1. The third kappa shape index (κ3) is 2.65. The summed E-state index contributed by atoms with van der Waals surface area (Å²) in [6, 6.07) is 8.77. The molecule has 0 spiro atoms. The normalized spacial score (nSPS) is 10.2. The molecule has 0 aliphatic heterocycles. The highest BCUT2D eigenvalue weighted by Gasteiger charge is 2.07. The molecule has 0 aliphatic rings. The van der Waals surface area contributed by atoms with Crippen LogP contribution < -0.4 is 4.74 Å². The van der Waals surface area contributed by atoms with E-state index in [-0.39, 0.29) is 5.75 Å². The average molecular weight is 251 g/mol. The lowest BCUT2D eigenvalue weighted by atomic mass is 10.1. The molecule has 0 bridgehead atoms. The predicted molar refractivity (Wildman–Crippen MR) is 64.5 cm³/mol. The molecular weight excluding hydrogens is 240 g/mol. The summed E-state index contributed by atoms with van der Waals surface area (Å²) in [5.74, 6) is 0.536. The van der Waals surface area contributed by atoms with Crippen molar-refractivity contribution in [2.24, 2.45) is 0 Å². The summed E-state index contributed by atoms with van der Waals surface area (Å²) < 4.78 is 4.92. The molecule has 2 rings (SSSR count). The van der Waals surface area contributed by atoms with Crippen LogP contribution in [-0.2, 0) is 6.42 Å². The van der Waals surface area contributed by atoms with E-state index in [4.69, 9.17) is 16.3 Å². The van der Waals surface area contributed by atoms with E-state index in [1.54, 1.807) is 18.2 Å². The van der Waals surface area contributed by atoms with Gasteiger partial charge in [-0.05, 0) is 17.7 Å². The van der Waals surface area contributed by atoms with Crippen molar-refractivity contribution in [1.82, 2.24) is 10.2 Å². The maximum atomic E-state index is 9.64. The highest BCUT2D eigenvalue weighted by molar-refractivity contribution is 6.31. The molecular formula is C12H11ClN2O2. The monoisotopic (exact) mass is 250 g/mol. The highest BCUT2D eigenvalue weighted by atomic mass is 35.5. The van der Waals surface area contributed by atoms with Gasteiger partial charge in [-0.2, -0.15) is 5.10 Å². The summed E-state index contributed by atoms with van der Waals surface area (Å²) >= 11 is 5.95. The topological polar surface area (TPSA) is 55.2 Å². The standard InChI is InChI=1S/C12H11ClN2O2/c1-17-12-10(13)7-9(14-15-12)6-8-4-2-3-5-11(8)16/h2-5,7,16H,6H2,1H3. The number of nitrogens with zero attached hydrogens (tertiary/aromatic N) is 2. The Morgan fingerprint density at radius 1 is 1.29 bits per heavy atom. The average Bonchev–Trinajstić information content (AvgIpc) is 2.32. The molecule has 1 aromatic carbocycles. The molecule has 0 fully saturated rings. The number of aromatic hydroxyl groups is 1. The second kappa shape index (κ2) is 5.01. The van der Waals surface area contributed by atoms with Crippen molar-refractivity contribution in [3.63, 3.8) is 0 Å². The number of methoxy groups -OCH3 is 1. The Balaban J connectivity index is 2.25. The molecule has 1 N–H and O–H groups in total. The summed E-state index contributed by atoms with van der Waals surface area (Å²) in [4.78, 5) is 0. The minimum absolute atomic E-state index is 0.237. The summed E-state index contributed by atoms with van der Waals surface area (Å²) in [5.41, 5.74) is 1.46. The van der Waals surface area contributed by atoms with Crippen molar-refractivity contribution in [3.8, 4) is 11.6 Å². The largest absolute Gasteiger partial charge is 0.508 e. The molecule has 0 amide bonds. The molecule has 5 heteroatoms. The third-order valence-electron chi connectivity index (χ3n) is 2.32. The van der Waals surface area contributed by atoms with Gasteiger partial charge in [0.2, 0.25) is 0 Å². The third-order valence-corrected chi connectivity index (χ3v) is 2.59. The summed E-state index contributed by atoms with van der Waals surface area (Å²) in [5, 5.41) is 17.9. The van der Waals surface area contributed by atoms with E-state index in [0.29, 0.717) is 23.0 Å². The SMILES string of the molecule is COc1nnc(Cc2ccccc2O)cc1Cl. The number of rotatable bonds is 3. The van der Waals surface area contributed by atoms with Crippen LogP contribution in [0.15, 0.2) is 30.3 Å². The van der Waals surface area contributed by atoms with E-state index < -0.39 is 0 Å². The zero-order valence-electron chi connectivity index (χ0n) is 9.22. The van der Waals surface area contributed by atoms with Crippen LogP contribution >= 0.6 is 11.6 Å². The fourth-order valence-corrected chi connectivity index (χ4v) is 1.72. The minimum Gasteiger partial charge on any atom is -0.508 e. The number of halogens is 1. The van der Waals surface area contributed by atoms with Crippen LogP contribution in [0.1, 0.15) is 11.3 Å². The Labute approximate surface area is 104 Å². The first kappa shape index (κ1) is 11.7. The van der Waals surface area contributed by atoms with Crippen LogP contribution in [0.5, 0.6) is 11.6 Å². The molecule has 0 atom stereocenters. The molecule has 0 unspecified atom stereocenters. The molecule has 0 saturated heterocycles. The number of ether oxygens (including phenoxy) is 1.